The highest BCUT2D eigenvalue weighted by Gasteiger charge is 2.28. The molecular formula is C27H39N2O2P. The summed E-state index contributed by atoms with van der Waals surface area (Å²) in [5, 5.41) is 3.92. The Bertz CT molecular complexity index is 1000. The summed E-state index contributed by atoms with van der Waals surface area (Å²) in [4.78, 5) is 28.5. The molecule has 0 bridgehead atoms. The minimum absolute atomic E-state index is 0.00639. The predicted molar refractivity (Wildman–Crippen MR) is 139 cm³/mol. The number of amides is 1. The summed E-state index contributed by atoms with van der Waals surface area (Å²) in [5.41, 5.74) is 4.72. The average Bonchev–Trinajstić information content (AvgIpc) is 2.63. The molecule has 0 saturated carbocycles. The van der Waals surface area contributed by atoms with Gasteiger partial charge in [-0.1, -0.05) is 59.8 Å². The Hall–Kier alpha value is -2.19. The second kappa shape index (κ2) is 9.75. The molecule has 0 spiro atoms. The fourth-order valence-corrected chi connectivity index (χ4v) is 4.39. The van der Waals surface area contributed by atoms with Gasteiger partial charge >= 0.3 is 0 Å². The van der Waals surface area contributed by atoms with E-state index in [1.54, 1.807) is 11.1 Å². The topological polar surface area (TPSA) is 49.4 Å². The van der Waals surface area contributed by atoms with Crippen LogP contribution in [0.4, 0.5) is 5.69 Å². The lowest BCUT2D eigenvalue weighted by molar-refractivity contribution is -0.118. The number of carbonyl (C=O) groups is 2. The van der Waals surface area contributed by atoms with Gasteiger partial charge < -0.3 is 10.2 Å². The number of allylic oxidation sites excluding steroid dienone is 4. The van der Waals surface area contributed by atoms with Crippen molar-refractivity contribution in [2.24, 2.45) is 0 Å². The number of nitrogens with zero attached hydrogens (tertiary/aromatic N) is 1. The van der Waals surface area contributed by atoms with E-state index < -0.39 is 0 Å². The average molecular weight is 455 g/mol. The van der Waals surface area contributed by atoms with Crippen molar-refractivity contribution in [3.63, 3.8) is 0 Å². The van der Waals surface area contributed by atoms with E-state index in [4.69, 9.17) is 0 Å². The minimum Gasteiger partial charge on any atom is -0.383 e. The van der Waals surface area contributed by atoms with Crippen LogP contribution in [0, 0.1) is 6.92 Å². The normalized spacial score (nSPS) is 15.1. The van der Waals surface area contributed by atoms with Gasteiger partial charge in [0.25, 0.3) is 5.91 Å². The number of hydrogen-bond donors (Lipinski definition) is 1. The molecule has 1 aliphatic rings. The van der Waals surface area contributed by atoms with Gasteiger partial charge in [0.15, 0.2) is 5.78 Å². The van der Waals surface area contributed by atoms with Crippen molar-refractivity contribution in [2.75, 3.05) is 19.4 Å². The molecular weight excluding hydrogens is 415 g/mol. The second-order valence-electron chi connectivity index (χ2n) is 10.9. The van der Waals surface area contributed by atoms with Crippen molar-refractivity contribution in [1.29, 1.82) is 0 Å². The number of nitrogens with one attached hydrogen (secondary N) is 1. The van der Waals surface area contributed by atoms with E-state index in [9.17, 15) is 9.59 Å². The van der Waals surface area contributed by atoms with Gasteiger partial charge in [0.2, 0.25) is 0 Å². The Labute approximate surface area is 196 Å². The first-order chi connectivity index (χ1) is 14.6. The summed E-state index contributed by atoms with van der Waals surface area (Å²) < 4.78 is 0. The van der Waals surface area contributed by atoms with Gasteiger partial charge in [-0.05, 0) is 58.7 Å². The summed E-state index contributed by atoms with van der Waals surface area (Å²) in [6.45, 7) is 15.1. The molecule has 1 atom stereocenters. The maximum absolute atomic E-state index is 13.4. The third-order valence-electron chi connectivity index (χ3n) is 5.54. The third-order valence-corrected chi connectivity index (χ3v) is 6.09. The van der Waals surface area contributed by atoms with Crippen LogP contribution in [0.3, 0.4) is 0 Å². The molecule has 0 aliphatic heterocycles. The Morgan fingerprint density at radius 1 is 0.969 bits per heavy atom. The lowest BCUT2D eigenvalue weighted by Crippen LogP contribution is -2.27. The zero-order valence-electron chi connectivity index (χ0n) is 21.1. The number of ketones is 1. The lowest BCUT2D eigenvalue weighted by atomic mass is 9.78. The first kappa shape index (κ1) is 26.1. The fraction of sp³-hybridized carbons (Fsp3) is 0.481. The largest absolute Gasteiger partial charge is 0.383 e. The van der Waals surface area contributed by atoms with Crippen LogP contribution in [0.15, 0.2) is 46.9 Å². The molecule has 2 rings (SSSR count). The zero-order valence-corrected chi connectivity index (χ0v) is 22.3. The van der Waals surface area contributed by atoms with Crippen molar-refractivity contribution in [3.05, 3.63) is 63.6 Å². The van der Waals surface area contributed by atoms with Crippen molar-refractivity contribution in [1.82, 2.24) is 4.90 Å². The quantitative estimate of drug-likeness (QED) is 0.256. The Morgan fingerprint density at radius 2 is 1.53 bits per heavy atom. The molecule has 4 nitrogen and oxygen atoms in total. The van der Waals surface area contributed by atoms with E-state index in [2.05, 4.69) is 69.1 Å². The smallest absolute Gasteiger partial charge is 0.261 e. The first-order valence-corrected chi connectivity index (χ1v) is 11.8. The molecule has 0 saturated heterocycles. The highest BCUT2D eigenvalue weighted by molar-refractivity contribution is 7.23. The molecule has 1 aromatic carbocycles. The minimum atomic E-state index is -0.388. The molecule has 1 aliphatic carbocycles. The van der Waals surface area contributed by atoms with Crippen molar-refractivity contribution in [3.8, 4) is 0 Å². The summed E-state index contributed by atoms with van der Waals surface area (Å²) in [6, 6.07) is 4.24. The Morgan fingerprint density at radius 3 is 2.03 bits per heavy atom. The highest BCUT2D eigenvalue weighted by atomic mass is 31.0. The Balaban J connectivity index is 2.52. The highest BCUT2D eigenvalue weighted by Crippen LogP contribution is 2.37. The van der Waals surface area contributed by atoms with Gasteiger partial charge in [0, 0.05) is 31.6 Å². The molecule has 32 heavy (non-hydrogen) atoms. The van der Waals surface area contributed by atoms with E-state index in [-0.39, 0.29) is 28.1 Å². The molecule has 1 aromatic rings. The van der Waals surface area contributed by atoms with Crippen LogP contribution < -0.4 is 5.32 Å². The number of benzene rings is 1. The monoisotopic (exact) mass is 454 g/mol. The van der Waals surface area contributed by atoms with Crippen LogP contribution in [-0.2, 0) is 20.4 Å². The molecule has 0 radical (unpaired) electrons. The molecule has 5 heteroatoms. The van der Waals surface area contributed by atoms with Crippen molar-refractivity contribution < 1.29 is 9.59 Å². The third kappa shape index (κ3) is 6.19. The zero-order chi connectivity index (χ0) is 24.4. The van der Waals surface area contributed by atoms with Crippen LogP contribution in [0.25, 0.3) is 0 Å². The van der Waals surface area contributed by atoms with Gasteiger partial charge in [-0.25, -0.2) is 0 Å². The van der Waals surface area contributed by atoms with E-state index in [1.165, 1.54) is 5.56 Å². The number of aryl methyl sites for hydroxylation is 1. The fourth-order valence-electron chi connectivity index (χ4n) is 3.97. The van der Waals surface area contributed by atoms with E-state index in [1.807, 2.05) is 32.3 Å². The summed E-state index contributed by atoms with van der Waals surface area (Å²) >= 11 is 0. The predicted octanol–water partition coefficient (Wildman–Crippen LogP) is 6.02. The number of rotatable bonds is 5. The number of hydrogen-bond acceptors (Lipinski definition) is 3. The van der Waals surface area contributed by atoms with Gasteiger partial charge in [-0.3, -0.25) is 9.59 Å². The maximum Gasteiger partial charge on any atom is 0.261 e. The van der Waals surface area contributed by atoms with Crippen LogP contribution >= 0.6 is 9.24 Å². The van der Waals surface area contributed by atoms with Gasteiger partial charge in [0.1, 0.15) is 5.57 Å². The first-order valence-electron chi connectivity index (χ1n) is 11.2. The van der Waals surface area contributed by atoms with Crippen LogP contribution in [0.1, 0.15) is 71.1 Å². The van der Waals surface area contributed by atoms with Crippen LogP contribution in [-0.4, -0.2) is 30.7 Å². The van der Waals surface area contributed by atoms with Crippen LogP contribution in [0.5, 0.6) is 0 Å². The molecule has 174 valence electrons. The Kier molecular flexibility index (Phi) is 7.94. The number of anilines is 1. The molecule has 1 N–H and O–H groups in total. The van der Waals surface area contributed by atoms with Crippen molar-refractivity contribution >= 4 is 26.6 Å². The molecule has 1 amide bonds. The standard InChI is InChI=1S/C27H39N2O2P/c1-17-14-22(21(27(5,6)7)15-20(17)26(2,3)4)28-25(31)19(16-29(8)9)24(30)18-12-10-11-13-23(18)32/h12-16H,10-11,32H2,1-9H3,(H,28,31)/b19-16-. The van der Waals surface area contributed by atoms with Crippen LogP contribution in [0.2, 0.25) is 0 Å². The molecule has 0 aromatic heterocycles. The van der Waals surface area contributed by atoms with E-state index in [0.717, 1.165) is 35.0 Å². The summed E-state index contributed by atoms with van der Waals surface area (Å²) in [6.07, 6.45) is 7.26. The van der Waals surface area contributed by atoms with Gasteiger partial charge in [-0.2, -0.15) is 0 Å². The summed E-state index contributed by atoms with van der Waals surface area (Å²) in [5.74, 6) is -0.640. The SMILES string of the molecule is Cc1cc(NC(=O)/C(=C\N(C)C)C(=O)C2=CCCC=C2P)c(C(C)(C)C)cc1C(C)(C)C. The molecule has 0 heterocycles. The van der Waals surface area contributed by atoms with E-state index >= 15 is 0 Å². The maximum atomic E-state index is 13.4. The van der Waals surface area contributed by atoms with Crippen molar-refractivity contribution in [2.45, 2.75) is 72.1 Å². The van der Waals surface area contributed by atoms with Gasteiger partial charge in [0.05, 0.1) is 0 Å². The van der Waals surface area contributed by atoms with Gasteiger partial charge in [-0.15, -0.1) is 9.24 Å². The number of Topliss-reactive ketones (excluding diaryl/α,β-unsaturated/α-hetero) is 1. The molecule has 0 fully saturated rings. The van der Waals surface area contributed by atoms with E-state index in [0.29, 0.717) is 5.57 Å². The number of carbonyl (C=O) groups excluding carboxylic acids is 2. The summed E-state index contributed by atoms with van der Waals surface area (Å²) in [7, 11) is 6.25. The molecule has 1 unspecified atom stereocenters. The second-order valence-corrected chi connectivity index (χ2v) is 11.5. The lowest BCUT2D eigenvalue weighted by Gasteiger charge is -2.29.